The second kappa shape index (κ2) is 5.62. The minimum Gasteiger partial charge on any atom is -0.440 e. The first-order valence-electron chi connectivity index (χ1n) is 4.58. The highest BCUT2D eigenvalue weighted by Crippen LogP contribution is 2.07. The van der Waals surface area contributed by atoms with E-state index in [1.807, 2.05) is 6.92 Å². The minimum atomic E-state index is -0.794. The second-order valence-electron chi connectivity index (χ2n) is 2.91. The highest BCUT2D eigenvalue weighted by Gasteiger charge is 2.15. The van der Waals surface area contributed by atoms with Crippen LogP contribution in [0.3, 0.4) is 0 Å². The van der Waals surface area contributed by atoms with Gasteiger partial charge in [-0.05, 0) is 12.5 Å². The molecule has 5 heteroatoms. The normalized spacial score (nSPS) is 30.1. The van der Waals surface area contributed by atoms with E-state index in [0.717, 1.165) is 6.42 Å². The third kappa shape index (κ3) is 3.76. The van der Waals surface area contributed by atoms with Gasteiger partial charge in [0.05, 0.1) is 13.2 Å². The SMILES string of the molecule is CCC1OC/C=C/C(OC(N)=O)CO1. The number of carbonyl (C=O) groups excluding carboxylic acids is 1. The maximum atomic E-state index is 10.5. The van der Waals surface area contributed by atoms with Crippen molar-refractivity contribution >= 4 is 6.09 Å². The fourth-order valence-corrected chi connectivity index (χ4v) is 1.13. The van der Waals surface area contributed by atoms with Gasteiger partial charge in [0.25, 0.3) is 0 Å². The molecule has 80 valence electrons. The molecule has 0 radical (unpaired) electrons. The fourth-order valence-electron chi connectivity index (χ4n) is 1.13. The summed E-state index contributed by atoms with van der Waals surface area (Å²) in [5.41, 5.74) is 4.90. The number of ether oxygens (including phenoxy) is 3. The highest BCUT2D eigenvalue weighted by molar-refractivity contribution is 5.65. The van der Waals surface area contributed by atoms with E-state index in [2.05, 4.69) is 0 Å². The number of rotatable bonds is 2. The van der Waals surface area contributed by atoms with Gasteiger partial charge < -0.3 is 19.9 Å². The van der Waals surface area contributed by atoms with Gasteiger partial charge in [0.1, 0.15) is 6.10 Å². The number of hydrogen-bond donors (Lipinski definition) is 1. The van der Waals surface area contributed by atoms with E-state index < -0.39 is 12.2 Å². The monoisotopic (exact) mass is 201 g/mol. The van der Waals surface area contributed by atoms with Gasteiger partial charge in [-0.2, -0.15) is 0 Å². The lowest BCUT2D eigenvalue weighted by molar-refractivity contribution is -0.151. The van der Waals surface area contributed by atoms with Crippen LogP contribution in [0.1, 0.15) is 13.3 Å². The summed E-state index contributed by atoms with van der Waals surface area (Å²) in [6.07, 6.45) is 2.81. The average molecular weight is 201 g/mol. The van der Waals surface area contributed by atoms with Crippen LogP contribution >= 0.6 is 0 Å². The van der Waals surface area contributed by atoms with E-state index in [0.29, 0.717) is 6.61 Å². The number of primary amides is 1. The van der Waals surface area contributed by atoms with Crippen molar-refractivity contribution in [2.75, 3.05) is 13.2 Å². The van der Waals surface area contributed by atoms with Crippen LogP contribution in [0.25, 0.3) is 0 Å². The van der Waals surface area contributed by atoms with Crippen LogP contribution in [-0.4, -0.2) is 31.7 Å². The lowest BCUT2D eigenvalue weighted by Gasteiger charge is -2.21. The topological polar surface area (TPSA) is 70.8 Å². The molecule has 0 bridgehead atoms. The third-order valence-corrected chi connectivity index (χ3v) is 1.78. The summed E-state index contributed by atoms with van der Waals surface area (Å²) in [6.45, 7) is 2.69. The Morgan fingerprint density at radius 1 is 1.64 bits per heavy atom. The van der Waals surface area contributed by atoms with Crippen molar-refractivity contribution in [3.63, 3.8) is 0 Å². The Balaban J connectivity index is 2.44. The summed E-state index contributed by atoms with van der Waals surface area (Å²) in [4.78, 5) is 10.5. The molecule has 14 heavy (non-hydrogen) atoms. The molecule has 2 unspecified atom stereocenters. The first kappa shape index (κ1) is 11.0. The summed E-state index contributed by atoms with van der Waals surface area (Å²) >= 11 is 0. The van der Waals surface area contributed by atoms with E-state index in [-0.39, 0.29) is 12.9 Å². The first-order valence-corrected chi connectivity index (χ1v) is 4.58. The molecule has 2 atom stereocenters. The molecule has 1 heterocycles. The molecule has 1 aliphatic heterocycles. The molecule has 0 fully saturated rings. The Morgan fingerprint density at radius 2 is 2.43 bits per heavy atom. The first-order chi connectivity index (χ1) is 6.72. The smallest absolute Gasteiger partial charge is 0.405 e. The zero-order valence-corrected chi connectivity index (χ0v) is 8.14. The molecular weight excluding hydrogens is 186 g/mol. The van der Waals surface area contributed by atoms with E-state index >= 15 is 0 Å². The molecule has 2 N–H and O–H groups in total. The molecule has 0 spiro atoms. The summed E-state index contributed by atoms with van der Waals surface area (Å²) < 4.78 is 15.4. The fraction of sp³-hybridized carbons (Fsp3) is 0.667. The Kier molecular flexibility index (Phi) is 4.42. The molecule has 0 aliphatic carbocycles. The molecule has 1 amide bonds. The quantitative estimate of drug-likeness (QED) is 0.670. The summed E-state index contributed by atoms with van der Waals surface area (Å²) in [5, 5.41) is 0. The largest absolute Gasteiger partial charge is 0.440 e. The van der Waals surface area contributed by atoms with Gasteiger partial charge in [-0.25, -0.2) is 4.79 Å². The van der Waals surface area contributed by atoms with E-state index in [9.17, 15) is 4.79 Å². The van der Waals surface area contributed by atoms with Gasteiger partial charge >= 0.3 is 6.09 Å². The number of nitrogens with two attached hydrogens (primary N) is 1. The van der Waals surface area contributed by atoms with Crippen LogP contribution < -0.4 is 5.73 Å². The van der Waals surface area contributed by atoms with Crippen LogP contribution in [0.15, 0.2) is 12.2 Å². The zero-order chi connectivity index (χ0) is 10.4. The number of hydrogen-bond acceptors (Lipinski definition) is 4. The molecule has 1 aliphatic rings. The summed E-state index contributed by atoms with van der Waals surface area (Å²) in [7, 11) is 0. The molecule has 0 saturated heterocycles. The summed E-state index contributed by atoms with van der Waals surface area (Å²) in [5.74, 6) is 0. The highest BCUT2D eigenvalue weighted by atomic mass is 16.7. The van der Waals surface area contributed by atoms with Crippen molar-refractivity contribution in [1.82, 2.24) is 0 Å². The molecule has 0 aromatic carbocycles. The average Bonchev–Trinajstić information content (AvgIpc) is 2.10. The lowest BCUT2D eigenvalue weighted by Crippen LogP contribution is -2.30. The van der Waals surface area contributed by atoms with Crippen molar-refractivity contribution in [1.29, 1.82) is 0 Å². The van der Waals surface area contributed by atoms with E-state index in [1.165, 1.54) is 0 Å². The van der Waals surface area contributed by atoms with Crippen molar-refractivity contribution in [2.24, 2.45) is 5.73 Å². The zero-order valence-electron chi connectivity index (χ0n) is 8.14. The minimum absolute atomic E-state index is 0.237. The van der Waals surface area contributed by atoms with Crippen LogP contribution in [-0.2, 0) is 14.2 Å². The van der Waals surface area contributed by atoms with Crippen molar-refractivity contribution < 1.29 is 19.0 Å². The molecule has 5 nitrogen and oxygen atoms in total. The van der Waals surface area contributed by atoms with Gasteiger partial charge in [-0.3, -0.25) is 0 Å². The lowest BCUT2D eigenvalue weighted by atomic mass is 10.3. The van der Waals surface area contributed by atoms with Crippen LogP contribution in [0, 0.1) is 0 Å². The van der Waals surface area contributed by atoms with Gasteiger partial charge in [-0.15, -0.1) is 0 Å². The predicted molar refractivity (Wildman–Crippen MR) is 49.6 cm³/mol. The van der Waals surface area contributed by atoms with E-state index in [1.54, 1.807) is 12.2 Å². The summed E-state index contributed by atoms with van der Waals surface area (Å²) in [6, 6.07) is 0. The van der Waals surface area contributed by atoms with Gasteiger partial charge in [0, 0.05) is 0 Å². The van der Waals surface area contributed by atoms with Gasteiger partial charge in [0.15, 0.2) is 6.29 Å². The number of amides is 1. The van der Waals surface area contributed by atoms with Crippen LogP contribution in [0.2, 0.25) is 0 Å². The molecule has 0 saturated carbocycles. The Morgan fingerprint density at radius 3 is 3.07 bits per heavy atom. The van der Waals surface area contributed by atoms with Gasteiger partial charge in [0.2, 0.25) is 0 Å². The van der Waals surface area contributed by atoms with Crippen molar-refractivity contribution in [3.05, 3.63) is 12.2 Å². The molecular formula is C9H15NO4. The Bertz CT molecular complexity index is 217. The second-order valence-corrected chi connectivity index (χ2v) is 2.91. The van der Waals surface area contributed by atoms with Crippen LogP contribution in [0.5, 0.6) is 0 Å². The van der Waals surface area contributed by atoms with Gasteiger partial charge in [-0.1, -0.05) is 13.0 Å². The Hall–Kier alpha value is -1.07. The van der Waals surface area contributed by atoms with Crippen molar-refractivity contribution in [2.45, 2.75) is 25.7 Å². The molecule has 0 aromatic heterocycles. The maximum Gasteiger partial charge on any atom is 0.405 e. The van der Waals surface area contributed by atoms with Crippen molar-refractivity contribution in [3.8, 4) is 0 Å². The maximum absolute atomic E-state index is 10.5. The van der Waals surface area contributed by atoms with Crippen LogP contribution in [0.4, 0.5) is 4.79 Å². The van der Waals surface area contributed by atoms with E-state index in [4.69, 9.17) is 19.9 Å². The molecule has 1 rings (SSSR count). The number of carbonyl (C=O) groups is 1. The predicted octanol–water partition coefficient (Wildman–Crippen LogP) is 0.789. The third-order valence-electron chi connectivity index (χ3n) is 1.78. The Labute approximate surface area is 82.8 Å². The molecule has 0 aromatic rings. The standard InChI is InChI=1S/C9H15NO4/c1-2-8-12-5-3-4-7(6-13-8)14-9(10)11/h3-4,7-8H,2,5-6H2,1H3,(H2,10,11)/b4-3+.